The molecule has 1 aromatic carbocycles. The van der Waals surface area contributed by atoms with Crippen molar-refractivity contribution in [1.82, 2.24) is 19.7 Å². The van der Waals surface area contributed by atoms with Gasteiger partial charge in [-0.05, 0) is 58.4 Å². The zero-order valence-electron chi connectivity index (χ0n) is 19.7. The second-order valence-corrected chi connectivity index (χ2v) is 9.71. The van der Waals surface area contributed by atoms with Gasteiger partial charge in [-0.2, -0.15) is 0 Å². The summed E-state index contributed by atoms with van der Waals surface area (Å²) in [5.74, 6) is 0.167. The van der Waals surface area contributed by atoms with E-state index in [1.54, 1.807) is 6.20 Å². The molecule has 0 saturated carbocycles. The fourth-order valence-electron chi connectivity index (χ4n) is 4.69. The lowest BCUT2D eigenvalue weighted by molar-refractivity contribution is -0.137. The molecular formula is C26H34N4O2. The number of aryl methyl sites for hydroxylation is 1. The normalized spacial score (nSPS) is 19.9. The van der Waals surface area contributed by atoms with Crippen molar-refractivity contribution in [3.63, 3.8) is 0 Å². The molecule has 170 valence electrons. The van der Waals surface area contributed by atoms with Crippen molar-refractivity contribution in [2.24, 2.45) is 0 Å². The van der Waals surface area contributed by atoms with Crippen LogP contribution in [0.3, 0.4) is 0 Å². The highest BCUT2D eigenvalue weighted by Gasteiger charge is 2.39. The van der Waals surface area contributed by atoms with Gasteiger partial charge in [-0.25, -0.2) is 0 Å². The van der Waals surface area contributed by atoms with Crippen molar-refractivity contribution in [2.75, 3.05) is 39.8 Å². The van der Waals surface area contributed by atoms with E-state index in [4.69, 9.17) is 0 Å². The van der Waals surface area contributed by atoms with Crippen LogP contribution in [-0.4, -0.2) is 71.3 Å². The van der Waals surface area contributed by atoms with Gasteiger partial charge in [0.2, 0.25) is 5.91 Å². The first-order valence-corrected chi connectivity index (χ1v) is 11.6. The number of hydrogen-bond donors (Lipinski definition) is 0. The fraction of sp³-hybridized carbons (Fsp3) is 0.500. The maximum absolute atomic E-state index is 13.6. The second kappa shape index (κ2) is 9.02. The minimum absolute atomic E-state index is 0.0389. The van der Waals surface area contributed by atoms with Gasteiger partial charge in [0.25, 0.3) is 5.91 Å². The summed E-state index contributed by atoms with van der Waals surface area (Å²) in [5, 5.41) is 0. The summed E-state index contributed by atoms with van der Waals surface area (Å²) in [7, 11) is 2.08. The molecule has 2 amide bonds. The molecule has 0 bridgehead atoms. The monoisotopic (exact) mass is 434 g/mol. The maximum atomic E-state index is 13.6. The predicted molar refractivity (Wildman–Crippen MR) is 126 cm³/mol. The molecule has 2 aliphatic rings. The molecule has 4 rings (SSSR count). The number of piperazine rings is 1. The minimum atomic E-state index is -0.604. The molecule has 2 aromatic rings. The molecule has 32 heavy (non-hydrogen) atoms. The third kappa shape index (κ3) is 4.42. The Labute approximate surface area is 191 Å². The Morgan fingerprint density at radius 1 is 0.969 bits per heavy atom. The Morgan fingerprint density at radius 2 is 1.66 bits per heavy atom. The number of amides is 2. The van der Waals surface area contributed by atoms with Crippen LogP contribution >= 0.6 is 0 Å². The van der Waals surface area contributed by atoms with Gasteiger partial charge in [-0.15, -0.1) is 0 Å². The van der Waals surface area contributed by atoms with E-state index in [-0.39, 0.29) is 17.9 Å². The van der Waals surface area contributed by atoms with E-state index in [0.717, 1.165) is 56.8 Å². The van der Waals surface area contributed by atoms with E-state index in [0.29, 0.717) is 5.56 Å². The first-order valence-electron chi connectivity index (χ1n) is 11.6. The van der Waals surface area contributed by atoms with Crippen LogP contribution in [0.15, 0.2) is 42.6 Å². The number of likely N-dealkylation sites (tertiary alicyclic amines) is 1. The standard InChI is InChI=1S/C26H34N4O2/c1-19-7-10-21(11-8-19)26(2,3)25(32)30-13-5-6-23(30)22-12-9-20(18-27-22)24(31)29-16-14-28(4)15-17-29/h7-12,18,23H,5-6,13-17H2,1-4H3/t23-/m1/s1. The van der Waals surface area contributed by atoms with Gasteiger partial charge in [0, 0.05) is 38.9 Å². The van der Waals surface area contributed by atoms with E-state index in [1.807, 2.05) is 35.8 Å². The third-order valence-electron chi connectivity index (χ3n) is 6.99. The van der Waals surface area contributed by atoms with Gasteiger partial charge >= 0.3 is 0 Å². The number of carbonyl (C=O) groups excluding carboxylic acids is 2. The summed E-state index contributed by atoms with van der Waals surface area (Å²) >= 11 is 0. The smallest absolute Gasteiger partial charge is 0.255 e. The van der Waals surface area contributed by atoms with Crippen LogP contribution in [0.4, 0.5) is 0 Å². The summed E-state index contributed by atoms with van der Waals surface area (Å²) in [4.78, 5) is 37.1. The molecular weight excluding hydrogens is 400 g/mol. The Morgan fingerprint density at radius 3 is 2.28 bits per heavy atom. The molecule has 1 atom stereocenters. The number of pyridine rings is 1. The average molecular weight is 435 g/mol. The molecule has 0 aliphatic carbocycles. The number of likely N-dealkylation sites (N-methyl/N-ethyl adjacent to an activating group) is 1. The lowest BCUT2D eigenvalue weighted by atomic mass is 9.82. The van der Waals surface area contributed by atoms with Crippen LogP contribution in [0.5, 0.6) is 0 Å². The first-order chi connectivity index (χ1) is 15.3. The molecule has 2 saturated heterocycles. The zero-order chi connectivity index (χ0) is 22.9. The molecule has 0 radical (unpaired) electrons. The van der Waals surface area contributed by atoms with Crippen molar-refractivity contribution >= 4 is 11.8 Å². The summed E-state index contributed by atoms with van der Waals surface area (Å²) < 4.78 is 0. The molecule has 0 spiro atoms. The predicted octanol–water partition coefficient (Wildman–Crippen LogP) is 3.42. The summed E-state index contributed by atoms with van der Waals surface area (Å²) in [6.07, 6.45) is 3.54. The number of rotatable bonds is 4. The van der Waals surface area contributed by atoms with E-state index in [9.17, 15) is 9.59 Å². The number of aromatic nitrogens is 1. The van der Waals surface area contributed by atoms with E-state index < -0.39 is 5.41 Å². The molecule has 2 fully saturated rings. The van der Waals surface area contributed by atoms with Gasteiger partial charge in [-0.3, -0.25) is 14.6 Å². The Kier molecular flexibility index (Phi) is 6.33. The van der Waals surface area contributed by atoms with Gasteiger partial charge < -0.3 is 14.7 Å². The Hall–Kier alpha value is -2.73. The number of hydrogen-bond acceptors (Lipinski definition) is 4. The van der Waals surface area contributed by atoms with Gasteiger partial charge in [0.15, 0.2) is 0 Å². The van der Waals surface area contributed by atoms with E-state index >= 15 is 0 Å². The molecule has 0 unspecified atom stereocenters. The van der Waals surface area contributed by atoms with Crippen LogP contribution < -0.4 is 0 Å². The molecule has 6 nitrogen and oxygen atoms in total. The zero-order valence-corrected chi connectivity index (χ0v) is 19.7. The topological polar surface area (TPSA) is 56.8 Å². The Bertz CT molecular complexity index is 960. The molecule has 1 aromatic heterocycles. The highest BCUT2D eigenvalue weighted by atomic mass is 16.2. The molecule has 3 heterocycles. The number of benzene rings is 1. The summed E-state index contributed by atoms with van der Waals surface area (Å²) in [6, 6.07) is 12.0. The summed E-state index contributed by atoms with van der Waals surface area (Å²) in [5.41, 5.74) is 3.10. The lowest BCUT2D eigenvalue weighted by Gasteiger charge is -2.33. The SMILES string of the molecule is Cc1ccc(C(C)(C)C(=O)N2CCC[C@@H]2c2ccc(C(=O)N3CCN(C)CC3)cn2)cc1. The van der Waals surface area contributed by atoms with Gasteiger partial charge in [-0.1, -0.05) is 29.8 Å². The van der Waals surface area contributed by atoms with Gasteiger partial charge in [0.05, 0.1) is 22.7 Å². The molecule has 6 heteroatoms. The van der Waals surface area contributed by atoms with Crippen LogP contribution in [0.2, 0.25) is 0 Å². The van der Waals surface area contributed by atoms with Crippen LogP contribution in [0.25, 0.3) is 0 Å². The maximum Gasteiger partial charge on any atom is 0.255 e. The lowest BCUT2D eigenvalue weighted by Crippen LogP contribution is -2.47. The second-order valence-electron chi connectivity index (χ2n) is 9.71. The minimum Gasteiger partial charge on any atom is -0.336 e. The third-order valence-corrected chi connectivity index (χ3v) is 6.99. The van der Waals surface area contributed by atoms with Crippen LogP contribution in [0.1, 0.15) is 59.9 Å². The van der Waals surface area contributed by atoms with Crippen molar-refractivity contribution in [3.8, 4) is 0 Å². The van der Waals surface area contributed by atoms with Crippen LogP contribution in [-0.2, 0) is 10.2 Å². The fourth-order valence-corrected chi connectivity index (χ4v) is 4.69. The van der Waals surface area contributed by atoms with Crippen LogP contribution in [0, 0.1) is 6.92 Å². The van der Waals surface area contributed by atoms with E-state index in [1.165, 1.54) is 5.56 Å². The van der Waals surface area contributed by atoms with Crippen molar-refractivity contribution in [3.05, 3.63) is 65.0 Å². The largest absolute Gasteiger partial charge is 0.336 e. The molecule has 0 N–H and O–H groups in total. The average Bonchev–Trinajstić information content (AvgIpc) is 3.29. The van der Waals surface area contributed by atoms with Gasteiger partial charge in [0.1, 0.15) is 0 Å². The number of nitrogens with zero attached hydrogens (tertiary/aromatic N) is 4. The van der Waals surface area contributed by atoms with Crippen molar-refractivity contribution in [2.45, 2.75) is 45.1 Å². The molecule has 2 aliphatic heterocycles. The first kappa shape index (κ1) is 22.5. The number of carbonyl (C=O) groups is 2. The Balaban J connectivity index is 1.49. The van der Waals surface area contributed by atoms with E-state index in [2.05, 4.69) is 48.1 Å². The highest BCUT2D eigenvalue weighted by Crippen LogP contribution is 2.36. The van der Waals surface area contributed by atoms with Crippen molar-refractivity contribution in [1.29, 1.82) is 0 Å². The van der Waals surface area contributed by atoms with Crippen molar-refractivity contribution < 1.29 is 9.59 Å². The summed E-state index contributed by atoms with van der Waals surface area (Å²) in [6.45, 7) is 10.1. The highest BCUT2D eigenvalue weighted by molar-refractivity contribution is 5.94. The quantitative estimate of drug-likeness (QED) is 0.740.